The second-order valence-corrected chi connectivity index (χ2v) is 5.59. The van der Waals surface area contributed by atoms with E-state index >= 15 is 0 Å². The van der Waals surface area contributed by atoms with Crippen molar-refractivity contribution >= 4 is 11.9 Å². The zero-order valence-corrected chi connectivity index (χ0v) is 12.2. The average Bonchev–Trinajstić information content (AvgIpc) is 2.37. The van der Waals surface area contributed by atoms with Crippen LogP contribution in [0.3, 0.4) is 0 Å². The number of esters is 1. The van der Waals surface area contributed by atoms with Crippen LogP contribution in [0.25, 0.3) is 0 Å². The molecule has 0 saturated carbocycles. The smallest absolute Gasteiger partial charge is 0.309 e. The third-order valence-electron chi connectivity index (χ3n) is 3.47. The van der Waals surface area contributed by atoms with Crippen LogP contribution in [-0.4, -0.2) is 42.5 Å². The van der Waals surface area contributed by atoms with Gasteiger partial charge in [-0.3, -0.25) is 9.59 Å². The van der Waals surface area contributed by atoms with Crippen molar-refractivity contribution in [3.8, 4) is 0 Å². The summed E-state index contributed by atoms with van der Waals surface area (Å²) in [7, 11) is 0. The minimum Gasteiger partial charge on any atom is -0.466 e. The molecule has 1 amide bonds. The van der Waals surface area contributed by atoms with Crippen molar-refractivity contribution in [2.24, 2.45) is 17.6 Å². The lowest BCUT2D eigenvalue weighted by molar-refractivity contribution is -0.151. The number of amides is 1. The number of nitrogens with two attached hydrogens (primary N) is 1. The van der Waals surface area contributed by atoms with E-state index in [9.17, 15) is 9.59 Å². The van der Waals surface area contributed by atoms with Crippen LogP contribution >= 0.6 is 0 Å². The van der Waals surface area contributed by atoms with E-state index in [-0.39, 0.29) is 17.8 Å². The number of piperidine rings is 1. The van der Waals surface area contributed by atoms with E-state index in [1.807, 2.05) is 6.92 Å². The van der Waals surface area contributed by atoms with Crippen LogP contribution in [0.5, 0.6) is 0 Å². The molecule has 1 heterocycles. The summed E-state index contributed by atoms with van der Waals surface area (Å²) in [5.74, 6) is 0.221. The molecule has 0 spiro atoms. The maximum absolute atomic E-state index is 12.1. The molecule has 0 radical (unpaired) electrons. The van der Waals surface area contributed by atoms with Crippen molar-refractivity contribution in [1.82, 2.24) is 4.90 Å². The number of rotatable bonds is 5. The predicted octanol–water partition coefficient (Wildman–Crippen LogP) is 1.16. The molecule has 0 bridgehead atoms. The summed E-state index contributed by atoms with van der Waals surface area (Å²) in [6, 6.07) is -0.417. The number of likely N-dealkylation sites (tertiary alicyclic amines) is 1. The van der Waals surface area contributed by atoms with E-state index in [0.29, 0.717) is 44.9 Å². The van der Waals surface area contributed by atoms with Gasteiger partial charge in [0, 0.05) is 13.1 Å². The van der Waals surface area contributed by atoms with Gasteiger partial charge in [-0.1, -0.05) is 13.8 Å². The monoisotopic (exact) mass is 270 g/mol. The highest BCUT2D eigenvalue weighted by molar-refractivity contribution is 5.82. The van der Waals surface area contributed by atoms with Crippen LogP contribution in [0.1, 0.15) is 40.0 Å². The van der Waals surface area contributed by atoms with E-state index < -0.39 is 6.04 Å². The zero-order chi connectivity index (χ0) is 14.4. The van der Waals surface area contributed by atoms with Gasteiger partial charge < -0.3 is 15.4 Å². The number of carbonyl (C=O) groups excluding carboxylic acids is 2. The van der Waals surface area contributed by atoms with Gasteiger partial charge in [-0.25, -0.2) is 0 Å². The molecule has 1 aliphatic rings. The maximum atomic E-state index is 12.1. The quantitative estimate of drug-likeness (QED) is 0.761. The first-order chi connectivity index (χ1) is 8.95. The predicted molar refractivity (Wildman–Crippen MR) is 73.4 cm³/mol. The normalized spacial score (nSPS) is 18.5. The van der Waals surface area contributed by atoms with Crippen LogP contribution in [0.15, 0.2) is 0 Å². The number of ether oxygens (including phenoxy) is 1. The lowest BCUT2D eigenvalue weighted by Crippen LogP contribution is -2.48. The second kappa shape index (κ2) is 7.48. The van der Waals surface area contributed by atoms with Crippen molar-refractivity contribution in [1.29, 1.82) is 0 Å². The molecule has 0 aliphatic carbocycles. The molecule has 0 aromatic rings. The van der Waals surface area contributed by atoms with E-state index in [2.05, 4.69) is 13.8 Å². The first-order valence-electron chi connectivity index (χ1n) is 7.16. The Hall–Kier alpha value is -1.10. The Balaban J connectivity index is 2.40. The molecular weight excluding hydrogens is 244 g/mol. The van der Waals surface area contributed by atoms with Gasteiger partial charge in [0.25, 0.3) is 0 Å². The summed E-state index contributed by atoms with van der Waals surface area (Å²) >= 11 is 0. The highest BCUT2D eigenvalue weighted by Gasteiger charge is 2.30. The van der Waals surface area contributed by atoms with Crippen LogP contribution in [0, 0.1) is 11.8 Å². The van der Waals surface area contributed by atoms with Crippen LogP contribution in [0.2, 0.25) is 0 Å². The van der Waals surface area contributed by atoms with Crippen LogP contribution in [-0.2, 0) is 14.3 Å². The van der Waals surface area contributed by atoms with Crippen molar-refractivity contribution in [3.05, 3.63) is 0 Å². The molecule has 5 heteroatoms. The lowest BCUT2D eigenvalue weighted by atomic mass is 9.95. The number of hydrogen-bond acceptors (Lipinski definition) is 4. The lowest BCUT2D eigenvalue weighted by Gasteiger charge is -2.32. The zero-order valence-electron chi connectivity index (χ0n) is 12.2. The van der Waals surface area contributed by atoms with E-state index in [0.717, 1.165) is 0 Å². The van der Waals surface area contributed by atoms with Crippen molar-refractivity contribution < 1.29 is 14.3 Å². The van der Waals surface area contributed by atoms with Gasteiger partial charge in [0.05, 0.1) is 18.6 Å². The van der Waals surface area contributed by atoms with Gasteiger partial charge in [0.15, 0.2) is 0 Å². The van der Waals surface area contributed by atoms with Gasteiger partial charge >= 0.3 is 5.97 Å². The minimum atomic E-state index is -0.417. The standard InChI is InChI=1S/C14H26N2O3/c1-4-19-14(18)11-5-7-16(8-6-11)13(17)12(15)9-10(2)3/h10-12H,4-9,15H2,1-3H3. The number of hydrogen-bond donors (Lipinski definition) is 1. The molecule has 1 saturated heterocycles. The van der Waals surface area contributed by atoms with Crippen LogP contribution < -0.4 is 5.73 Å². The third kappa shape index (κ3) is 4.82. The van der Waals surface area contributed by atoms with Gasteiger partial charge in [0.1, 0.15) is 0 Å². The van der Waals surface area contributed by atoms with Crippen LogP contribution in [0.4, 0.5) is 0 Å². The van der Waals surface area contributed by atoms with Gasteiger partial charge in [-0.15, -0.1) is 0 Å². The maximum Gasteiger partial charge on any atom is 0.309 e. The van der Waals surface area contributed by atoms with E-state index in [4.69, 9.17) is 10.5 Å². The van der Waals surface area contributed by atoms with Gasteiger partial charge in [0.2, 0.25) is 5.91 Å². The molecule has 1 fully saturated rings. The Morgan fingerprint density at radius 3 is 2.37 bits per heavy atom. The highest BCUT2D eigenvalue weighted by Crippen LogP contribution is 2.19. The average molecular weight is 270 g/mol. The molecule has 0 aromatic carbocycles. The van der Waals surface area contributed by atoms with E-state index in [1.54, 1.807) is 4.90 Å². The third-order valence-corrected chi connectivity index (χ3v) is 3.47. The summed E-state index contributed by atoms with van der Waals surface area (Å²) in [5, 5.41) is 0. The van der Waals surface area contributed by atoms with Crippen molar-refractivity contribution in [3.63, 3.8) is 0 Å². The van der Waals surface area contributed by atoms with Gasteiger partial charge in [-0.05, 0) is 32.1 Å². The molecule has 1 aliphatic heterocycles. The molecule has 1 unspecified atom stereocenters. The molecule has 110 valence electrons. The fourth-order valence-corrected chi connectivity index (χ4v) is 2.44. The fourth-order valence-electron chi connectivity index (χ4n) is 2.44. The Kier molecular flexibility index (Phi) is 6.28. The second-order valence-electron chi connectivity index (χ2n) is 5.59. The first kappa shape index (κ1) is 16.0. The molecule has 1 rings (SSSR count). The Morgan fingerprint density at radius 1 is 1.32 bits per heavy atom. The Morgan fingerprint density at radius 2 is 1.89 bits per heavy atom. The molecule has 2 N–H and O–H groups in total. The summed E-state index contributed by atoms with van der Waals surface area (Å²) in [4.78, 5) is 25.5. The SMILES string of the molecule is CCOC(=O)C1CCN(C(=O)C(N)CC(C)C)CC1. The molecule has 1 atom stereocenters. The van der Waals surface area contributed by atoms with Gasteiger partial charge in [-0.2, -0.15) is 0 Å². The van der Waals surface area contributed by atoms with Crippen molar-refractivity contribution in [2.75, 3.05) is 19.7 Å². The molecule has 5 nitrogen and oxygen atoms in total. The largest absolute Gasteiger partial charge is 0.466 e. The minimum absolute atomic E-state index is 0.0102. The molecule has 19 heavy (non-hydrogen) atoms. The summed E-state index contributed by atoms with van der Waals surface area (Å²) < 4.78 is 5.01. The van der Waals surface area contributed by atoms with E-state index in [1.165, 1.54) is 0 Å². The number of carbonyl (C=O) groups is 2. The topological polar surface area (TPSA) is 72.6 Å². The Labute approximate surface area is 115 Å². The molecular formula is C14H26N2O3. The highest BCUT2D eigenvalue weighted by atomic mass is 16.5. The summed E-state index contributed by atoms with van der Waals surface area (Å²) in [6.45, 7) is 7.54. The molecule has 0 aromatic heterocycles. The first-order valence-corrected chi connectivity index (χ1v) is 7.16. The fraction of sp³-hybridized carbons (Fsp3) is 0.857. The summed E-state index contributed by atoms with van der Waals surface area (Å²) in [6.07, 6.45) is 2.06. The van der Waals surface area contributed by atoms with Crippen molar-refractivity contribution in [2.45, 2.75) is 46.1 Å². The summed E-state index contributed by atoms with van der Waals surface area (Å²) in [5.41, 5.74) is 5.91. The Bertz CT molecular complexity index is 310. The number of nitrogens with zero attached hydrogens (tertiary/aromatic N) is 1.